The minimum Gasteiger partial charge on any atom is -0.478 e. The van der Waals surface area contributed by atoms with Gasteiger partial charge in [0.15, 0.2) is 5.82 Å². The zero-order valence-corrected chi connectivity index (χ0v) is 13.3. The van der Waals surface area contributed by atoms with E-state index in [0.717, 1.165) is 18.8 Å². The Morgan fingerprint density at radius 2 is 2.23 bits per heavy atom. The molecule has 1 fully saturated rings. The van der Waals surface area contributed by atoms with E-state index >= 15 is 0 Å². The molecule has 0 bridgehead atoms. The second kappa shape index (κ2) is 7.79. The number of likely N-dealkylation sites (N-methyl/N-ethyl adjacent to an activating group) is 1. The van der Waals surface area contributed by atoms with Gasteiger partial charge in [-0.2, -0.15) is 0 Å². The fourth-order valence-electron chi connectivity index (χ4n) is 2.48. The second-order valence-electron chi connectivity index (χ2n) is 5.11. The molecule has 0 aromatic carbocycles. The first-order valence-corrected chi connectivity index (χ1v) is 7.27. The van der Waals surface area contributed by atoms with Gasteiger partial charge in [-0.3, -0.25) is 0 Å². The Labute approximate surface area is 130 Å². The summed E-state index contributed by atoms with van der Waals surface area (Å²) in [6, 6.07) is 0.0456. The number of aromatic nitrogens is 2. The van der Waals surface area contributed by atoms with Gasteiger partial charge in [0, 0.05) is 46.2 Å². The Kier molecular flexibility index (Phi) is 5.76. The Hall–Kier alpha value is -2.09. The lowest BCUT2D eigenvalue weighted by molar-refractivity contribution is 0.177. The zero-order chi connectivity index (χ0) is 15.9. The Morgan fingerprint density at radius 3 is 2.95 bits per heavy atom. The molecule has 0 aliphatic carbocycles. The molecule has 1 N–H and O–H groups in total. The first-order chi connectivity index (χ1) is 10.7. The number of urea groups is 1. The normalized spacial score (nSPS) is 17.4. The van der Waals surface area contributed by atoms with Crippen LogP contribution >= 0.6 is 0 Å². The van der Waals surface area contributed by atoms with Gasteiger partial charge in [0.1, 0.15) is 0 Å². The predicted molar refractivity (Wildman–Crippen MR) is 82.2 cm³/mol. The van der Waals surface area contributed by atoms with Crippen molar-refractivity contribution in [3.05, 3.63) is 12.4 Å². The average molecular weight is 309 g/mol. The zero-order valence-electron chi connectivity index (χ0n) is 13.3. The van der Waals surface area contributed by atoms with Crippen LogP contribution in [0.2, 0.25) is 0 Å². The van der Waals surface area contributed by atoms with E-state index in [1.807, 2.05) is 7.05 Å². The fraction of sp³-hybridized carbons (Fsp3) is 0.643. The third-order valence-corrected chi connectivity index (χ3v) is 3.75. The minimum atomic E-state index is -0.0880. The number of rotatable bonds is 6. The second-order valence-corrected chi connectivity index (χ2v) is 5.11. The minimum absolute atomic E-state index is 0.0880. The van der Waals surface area contributed by atoms with Crippen molar-refractivity contribution >= 4 is 11.8 Å². The molecule has 1 saturated heterocycles. The average Bonchev–Trinajstić information content (AvgIpc) is 3.04. The van der Waals surface area contributed by atoms with E-state index in [9.17, 15) is 4.79 Å². The van der Waals surface area contributed by atoms with Gasteiger partial charge >= 0.3 is 6.03 Å². The highest BCUT2D eigenvalue weighted by atomic mass is 16.5. The van der Waals surface area contributed by atoms with E-state index < -0.39 is 0 Å². The number of carbonyl (C=O) groups excluding carboxylic acids is 1. The topological polar surface area (TPSA) is 79.8 Å². The van der Waals surface area contributed by atoms with Gasteiger partial charge in [0.05, 0.1) is 19.8 Å². The van der Waals surface area contributed by atoms with E-state index in [2.05, 4.69) is 20.2 Å². The lowest BCUT2D eigenvalue weighted by Gasteiger charge is -2.25. The van der Waals surface area contributed by atoms with Crippen molar-refractivity contribution in [1.82, 2.24) is 20.2 Å². The molecule has 8 nitrogen and oxygen atoms in total. The van der Waals surface area contributed by atoms with Gasteiger partial charge in [0.25, 0.3) is 5.88 Å². The van der Waals surface area contributed by atoms with Gasteiger partial charge in [-0.05, 0) is 6.42 Å². The standard InChI is InChI=1S/C14H23N5O3/c1-18(14(20)17-7-9-21-2)11-4-8-19(10-11)12-13(22-3)16-6-5-15-12/h5-6,11H,4,7-10H2,1-3H3,(H,17,20)/t11-/m1/s1. The summed E-state index contributed by atoms with van der Waals surface area (Å²) in [6.45, 7) is 2.54. The molecule has 1 atom stereocenters. The van der Waals surface area contributed by atoms with Crippen LogP contribution < -0.4 is 15.0 Å². The molecule has 0 saturated carbocycles. The smallest absolute Gasteiger partial charge is 0.317 e. The summed E-state index contributed by atoms with van der Waals surface area (Å²) < 4.78 is 10.2. The van der Waals surface area contributed by atoms with Gasteiger partial charge in [-0.25, -0.2) is 14.8 Å². The molecule has 1 aliphatic heterocycles. The first-order valence-electron chi connectivity index (χ1n) is 7.27. The molecule has 8 heteroatoms. The predicted octanol–water partition coefficient (Wildman–Crippen LogP) is 0.352. The van der Waals surface area contributed by atoms with Crippen molar-refractivity contribution < 1.29 is 14.3 Å². The molecule has 0 spiro atoms. The monoisotopic (exact) mass is 309 g/mol. The lowest BCUT2D eigenvalue weighted by Crippen LogP contribution is -2.45. The molecule has 2 heterocycles. The van der Waals surface area contributed by atoms with Crippen molar-refractivity contribution in [1.29, 1.82) is 0 Å². The van der Waals surface area contributed by atoms with Crippen LogP contribution in [-0.2, 0) is 4.74 Å². The highest BCUT2D eigenvalue weighted by molar-refractivity contribution is 5.74. The number of nitrogens with zero attached hydrogens (tertiary/aromatic N) is 4. The first kappa shape index (κ1) is 16.3. The Balaban J connectivity index is 1.93. The molecule has 1 aliphatic rings. The van der Waals surface area contributed by atoms with Crippen LogP contribution in [0, 0.1) is 0 Å². The molecule has 2 rings (SSSR count). The quantitative estimate of drug-likeness (QED) is 0.764. The maximum atomic E-state index is 12.1. The third kappa shape index (κ3) is 3.76. The number of amides is 2. The van der Waals surface area contributed by atoms with Crippen molar-refractivity contribution in [2.75, 3.05) is 52.4 Å². The Bertz CT molecular complexity index is 499. The molecule has 1 aromatic rings. The van der Waals surface area contributed by atoms with E-state index in [4.69, 9.17) is 9.47 Å². The highest BCUT2D eigenvalue weighted by Crippen LogP contribution is 2.27. The van der Waals surface area contributed by atoms with Crippen LogP contribution in [0.15, 0.2) is 12.4 Å². The van der Waals surface area contributed by atoms with Crippen LogP contribution in [0.25, 0.3) is 0 Å². The SMILES string of the molecule is COCCNC(=O)N(C)[C@@H]1CCN(c2nccnc2OC)C1. The number of carbonyl (C=O) groups is 1. The number of hydrogen-bond donors (Lipinski definition) is 1. The highest BCUT2D eigenvalue weighted by Gasteiger charge is 2.30. The molecular formula is C14H23N5O3. The Morgan fingerprint density at radius 1 is 1.45 bits per heavy atom. The van der Waals surface area contributed by atoms with Crippen LogP contribution in [0.1, 0.15) is 6.42 Å². The van der Waals surface area contributed by atoms with Gasteiger partial charge < -0.3 is 24.6 Å². The molecular weight excluding hydrogens is 286 g/mol. The molecule has 0 radical (unpaired) electrons. The number of hydrogen-bond acceptors (Lipinski definition) is 6. The van der Waals surface area contributed by atoms with Crippen molar-refractivity contribution in [2.24, 2.45) is 0 Å². The fourth-order valence-corrected chi connectivity index (χ4v) is 2.48. The van der Waals surface area contributed by atoms with Crippen LogP contribution in [0.3, 0.4) is 0 Å². The molecule has 1 aromatic heterocycles. The summed E-state index contributed by atoms with van der Waals surface area (Å²) in [5.41, 5.74) is 0. The number of ether oxygens (including phenoxy) is 2. The maximum Gasteiger partial charge on any atom is 0.317 e. The molecule has 0 unspecified atom stereocenters. The van der Waals surface area contributed by atoms with Gasteiger partial charge in [0.2, 0.25) is 0 Å². The summed E-state index contributed by atoms with van der Waals surface area (Å²) in [5, 5.41) is 2.83. The number of anilines is 1. The maximum absolute atomic E-state index is 12.1. The number of nitrogens with one attached hydrogen (secondary N) is 1. The van der Waals surface area contributed by atoms with Gasteiger partial charge in [-0.15, -0.1) is 0 Å². The van der Waals surface area contributed by atoms with Crippen LogP contribution in [0.5, 0.6) is 5.88 Å². The lowest BCUT2D eigenvalue weighted by atomic mass is 10.2. The molecule has 122 valence electrons. The van der Waals surface area contributed by atoms with E-state index in [1.165, 1.54) is 0 Å². The summed E-state index contributed by atoms with van der Waals surface area (Å²) in [4.78, 5) is 24.4. The van der Waals surface area contributed by atoms with Crippen LogP contribution in [0.4, 0.5) is 10.6 Å². The summed E-state index contributed by atoms with van der Waals surface area (Å²) >= 11 is 0. The van der Waals surface area contributed by atoms with E-state index in [-0.39, 0.29) is 12.1 Å². The number of methoxy groups -OCH3 is 2. The van der Waals surface area contributed by atoms with E-state index in [0.29, 0.717) is 25.6 Å². The molecule has 2 amide bonds. The molecule has 22 heavy (non-hydrogen) atoms. The van der Waals surface area contributed by atoms with Crippen molar-refractivity contribution in [2.45, 2.75) is 12.5 Å². The largest absolute Gasteiger partial charge is 0.478 e. The summed E-state index contributed by atoms with van der Waals surface area (Å²) in [5.74, 6) is 1.23. The van der Waals surface area contributed by atoms with Crippen LogP contribution in [-0.4, -0.2) is 74.4 Å². The van der Waals surface area contributed by atoms with Crippen molar-refractivity contribution in [3.8, 4) is 5.88 Å². The van der Waals surface area contributed by atoms with E-state index in [1.54, 1.807) is 31.5 Å². The van der Waals surface area contributed by atoms with Gasteiger partial charge in [-0.1, -0.05) is 0 Å². The summed E-state index contributed by atoms with van der Waals surface area (Å²) in [7, 11) is 5.00. The summed E-state index contributed by atoms with van der Waals surface area (Å²) in [6.07, 6.45) is 4.13. The third-order valence-electron chi connectivity index (χ3n) is 3.75. The van der Waals surface area contributed by atoms with Crippen molar-refractivity contribution in [3.63, 3.8) is 0 Å².